The van der Waals surface area contributed by atoms with Crippen LogP contribution in [0.4, 0.5) is 11.4 Å². The Morgan fingerprint density at radius 2 is 1.38 bits per heavy atom. The van der Waals surface area contributed by atoms with Crippen molar-refractivity contribution in [1.29, 1.82) is 0 Å². The molecule has 124 valence electrons. The van der Waals surface area contributed by atoms with Gasteiger partial charge in [-0.2, -0.15) is 0 Å². The first-order valence-corrected chi connectivity index (χ1v) is 7.55. The fourth-order valence-electron chi connectivity index (χ4n) is 2.07. The third kappa shape index (κ3) is 5.57. The standard InChI is InChI=1S/C18H19N3O3/c1-13(22)20-15-7-9-16(10-8-15)21-18(24)17(23)19-12-11-14-5-3-2-4-6-14/h2-10H,11-12H2,1H3,(H,19,23)(H,20,22)(H,21,24). The Bertz CT molecular complexity index is 712. The average Bonchev–Trinajstić information content (AvgIpc) is 2.57. The third-order valence-corrected chi connectivity index (χ3v) is 3.21. The second-order valence-corrected chi connectivity index (χ2v) is 5.20. The number of carbonyl (C=O) groups is 3. The molecule has 0 aliphatic rings. The van der Waals surface area contributed by atoms with Crippen molar-refractivity contribution in [3.63, 3.8) is 0 Å². The van der Waals surface area contributed by atoms with E-state index in [9.17, 15) is 14.4 Å². The second-order valence-electron chi connectivity index (χ2n) is 5.20. The van der Waals surface area contributed by atoms with E-state index in [1.54, 1.807) is 24.3 Å². The van der Waals surface area contributed by atoms with E-state index >= 15 is 0 Å². The summed E-state index contributed by atoms with van der Waals surface area (Å²) in [6.45, 7) is 1.80. The van der Waals surface area contributed by atoms with Crippen LogP contribution in [0, 0.1) is 0 Å². The van der Waals surface area contributed by atoms with Crippen LogP contribution in [0.2, 0.25) is 0 Å². The number of hydrogen-bond donors (Lipinski definition) is 3. The topological polar surface area (TPSA) is 87.3 Å². The van der Waals surface area contributed by atoms with Crippen molar-refractivity contribution in [2.75, 3.05) is 17.2 Å². The second kappa shape index (κ2) is 8.47. The molecule has 24 heavy (non-hydrogen) atoms. The smallest absolute Gasteiger partial charge is 0.313 e. The molecular formula is C18H19N3O3. The number of carbonyl (C=O) groups excluding carboxylic acids is 3. The Kier molecular flexibility index (Phi) is 6.08. The summed E-state index contributed by atoms with van der Waals surface area (Å²) >= 11 is 0. The van der Waals surface area contributed by atoms with E-state index in [1.165, 1.54) is 6.92 Å². The van der Waals surface area contributed by atoms with Gasteiger partial charge in [0.05, 0.1) is 0 Å². The maximum absolute atomic E-state index is 11.8. The Morgan fingerprint density at radius 3 is 1.96 bits per heavy atom. The molecule has 0 atom stereocenters. The van der Waals surface area contributed by atoms with Gasteiger partial charge in [0, 0.05) is 24.8 Å². The van der Waals surface area contributed by atoms with Crippen LogP contribution >= 0.6 is 0 Å². The van der Waals surface area contributed by atoms with Crippen molar-refractivity contribution in [2.24, 2.45) is 0 Å². The minimum atomic E-state index is -0.727. The van der Waals surface area contributed by atoms with Gasteiger partial charge in [0.1, 0.15) is 0 Å². The highest BCUT2D eigenvalue weighted by atomic mass is 16.2. The van der Waals surface area contributed by atoms with E-state index in [4.69, 9.17) is 0 Å². The first-order chi connectivity index (χ1) is 11.5. The zero-order valence-electron chi connectivity index (χ0n) is 13.3. The van der Waals surface area contributed by atoms with Crippen LogP contribution in [0.5, 0.6) is 0 Å². The summed E-state index contributed by atoms with van der Waals surface area (Å²) in [5.74, 6) is -1.59. The van der Waals surface area contributed by atoms with E-state index in [-0.39, 0.29) is 5.91 Å². The summed E-state index contributed by atoms with van der Waals surface area (Å²) in [5.41, 5.74) is 2.19. The van der Waals surface area contributed by atoms with Crippen LogP contribution in [0.25, 0.3) is 0 Å². The Hall–Kier alpha value is -3.15. The van der Waals surface area contributed by atoms with Crippen LogP contribution in [0.15, 0.2) is 54.6 Å². The van der Waals surface area contributed by atoms with Crippen molar-refractivity contribution < 1.29 is 14.4 Å². The highest BCUT2D eigenvalue weighted by Gasteiger charge is 2.13. The van der Waals surface area contributed by atoms with E-state index in [0.29, 0.717) is 24.3 Å². The molecular weight excluding hydrogens is 306 g/mol. The number of nitrogens with one attached hydrogen (secondary N) is 3. The molecule has 0 aliphatic heterocycles. The quantitative estimate of drug-likeness (QED) is 0.734. The Labute approximate surface area is 140 Å². The van der Waals surface area contributed by atoms with Crippen LogP contribution in [-0.2, 0) is 20.8 Å². The molecule has 2 aromatic carbocycles. The molecule has 6 nitrogen and oxygen atoms in total. The minimum absolute atomic E-state index is 0.176. The molecule has 0 saturated heterocycles. The number of hydrogen-bond acceptors (Lipinski definition) is 3. The van der Waals surface area contributed by atoms with Gasteiger partial charge in [-0.05, 0) is 36.2 Å². The van der Waals surface area contributed by atoms with Gasteiger partial charge < -0.3 is 16.0 Å². The van der Waals surface area contributed by atoms with Crippen molar-refractivity contribution in [3.8, 4) is 0 Å². The van der Waals surface area contributed by atoms with E-state index in [0.717, 1.165) is 5.56 Å². The van der Waals surface area contributed by atoms with Crippen molar-refractivity contribution >= 4 is 29.1 Å². The molecule has 0 saturated carbocycles. The third-order valence-electron chi connectivity index (χ3n) is 3.21. The van der Waals surface area contributed by atoms with Crippen molar-refractivity contribution in [2.45, 2.75) is 13.3 Å². The summed E-state index contributed by atoms with van der Waals surface area (Å²) in [7, 11) is 0. The number of amides is 3. The van der Waals surface area contributed by atoms with Crippen molar-refractivity contribution in [3.05, 3.63) is 60.2 Å². The van der Waals surface area contributed by atoms with Crippen LogP contribution in [-0.4, -0.2) is 24.3 Å². The maximum Gasteiger partial charge on any atom is 0.313 e. The highest BCUT2D eigenvalue weighted by Crippen LogP contribution is 2.13. The summed E-state index contributed by atoms with van der Waals surface area (Å²) in [6.07, 6.45) is 0.658. The molecule has 0 fully saturated rings. The maximum atomic E-state index is 11.8. The predicted octanol–water partition coefficient (Wildman–Crippen LogP) is 1.94. The number of rotatable bonds is 5. The van der Waals surface area contributed by atoms with Crippen LogP contribution in [0.1, 0.15) is 12.5 Å². The molecule has 0 aromatic heterocycles. The largest absolute Gasteiger partial charge is 0.347 e. The van der Waals surface area contributed by atoms with Gasteiger partial charge in [-0.1, -0.05) is 30.3 Å². The fraction of sp³-hybridized carbons (Fsp3) is 0.167. The van der Waals surface area contributed by atoms with E-state index in [2.05, 4.69) is 16.0 Å². The lowest BCUT2D eigenvalue weighted by atomic mass is 10.1. The summed E-state index contributed by atoms with van der Waals surface area (Å²) in [5, 5.41) is 7.71. The van der Waals surface area contributed by atoms with Gasteiger partial charge in [0.15, 0.2) is 0 Å². The highest BCUT2D eigenvalue weighted by molar-refractivity contribution is 6.39. The number of anilines is 2. The van der Waals surface area contributed by atoms with Crippen molar-refractivity contribution in [1.82, 2.24) is 5.32 Å². The lowest BCUT2D eigenvalue weighted by Gasteiger charge is -2.08. The fourth-order valence-corrected chi connectivity index (χ4v) is 2.07. The minimum Gasteiger partial charge on any atom is -0.347 e. The number of benzene rings is 2. The summed E-state index contributed by atoms with van der Waals surface area (Å²) in [6, 6.07) is 16.2. The summed E-state index contributed by atoms with van der Waals surface area (Å²) < 4.78 is 0. The van der Waals surface area contributed by atoms with E-state index in [1.807, 2.05) is 30.3 Å². The zero-order valence-corrected chi connectivity index (χ0v) is 13.3. The molecule has 0 bridgehead atoms. The predicted molar refractivity (Wildman–Crippen MR) is 92.5 cm³/mol. The lowest BCUT2D eigenvalue weighted by molar-refractivity contribution is -0.136. The van der Waals surface area contributed by atoms with E-state index < -0.39 is 11.8 Å². The molecule has 2 aromatic rings. The molecule has 0 radical (unpaired) electrons. The Morgan fingerprint density at radius 1 is 0.792 bits per heavy atom. The lowest BCUT2D eigenvalue weighted by Crippen LogP contribution is -2.36. The molecule has 6 heteroatoms. The molecule has 3 amide bonds. The average molecular weight is 325 g/mol. The van der Waals surface area contributed by atoms with Gasteiger partial charge in [-0.15, -0.1) is 0 Å². The summed E-state index contributed by atoms with van der Waals surface area (Å²) in [4.78, 5) is 34.5. The SMILES string of the molecule is CC(=O)Nc1ccc(NC(=O)C(=O)NCCc2ccccc2)cc1. The molecule has 3 N–H and O–H groups in total. The Balaban J connectivity index is 1.78. The molecule has 0 aliphatic carbocycles. The molecule has 0 spiro atoms. The van der Waals surface area contributed by atoms with Crippen LogP contribution < -0.4 is 16.0 Å². The first kappa shape index (κ1) is 17.2. The normalized spacial score (nSPS) is 9.88. The first-order valence-electron chi connectivity index (χ1n) is 7.55. The zero-order chi connectivity index (χ0) is 17.4. The molecule has 0 heterocycles. The molecule has 2 rings (SSSR count). The van der Waals surface area contributed by atoms with Crippen LogP contribution in [0.3, 0.4) is 0 Å². The van der Waals surface area contributed by atoms with Gasteiger partial charge in [0.2, 0.25) is 5.91 Å². The van der Waals surface area contributed by atoms with Gasteiger partial charge in [0.25, 0.3) is 0 Å². The van der Waals surface area contributed by atoms with Gasteiger partial charge in [-0.3, -0.25) is 14.4 Å². The van der Waals surface area contributed by atoms with Gasteiger partial charge in [-0.25, -0.2) is 0 Å². The molecule has 0 unspecified atom stereocenters. The van der Waals surface area contributed by atoms with Gasteiger partial charge >= 0.3 is 11.8 Å². The monoisotopic (exact) mass is 325 g/mol.